The molecule has 106 valence electrons. The van der Waals surface area contributed by atoms with Crippen LogP contribution in [-0.4, -0.2) is 35.1 Å². The molecule has 7 heteroatoms. The van der Waals surface area contributed by atoms with Crippen molar-refractivity contribution < 1.29 is 14.7 Å². The van der Waals surface area contributed by atoms with E-state index in [1.165, 1.54) is 17.0 Å². The van der Waals surface area contributed by atoms with Gasteiger partial charge in [-0.2, -0.15) is 10.5 Å². The van der Waals surface area contributed by atoms with E-state index in [0.717, 1.165) is 0 Å². The van der Waals surface area contributed by atoms with Gasteiger partial charge in [0.2, 0.25) is 0 Å². The minimum Gasteiger partial charge on any atom is -0.481 e. The van der Waals surface area contributed by atoms with Crippen LogP contribution in [0.1, 0.15) is 17.5 Å². The second kappa shape index (κ2) is 5.93. The van der Waals surface area contributed by atoms with Crippen LogP contribution < -0.4 is 5.32 Å². The Labute approximate surface area is 121 Å². The first-order chi connectivity index (χ1) is 10.0. The highest BCUT2D eigenvalue weighted by molar-refractivity contribution is 5.90. The van der Waals surface area contributed by atoms with E-state index < -0.39 is 5.97 Å². The number of carboxylic acids is 1. The predicted octanol–water partition coefficient (Wildman–Crippen LogP) is 1.37. The highest BCUT2D eigenvalue weighted by Crippen LogP contribution is 2.21. The molecule has 0 spiro atoms. The number of urea groups is 1. The summed E-state index contributed by atoms with van der Waals surface area (Å²) in [6.45, 7) is 0.805. The molecule has 7 nitrogen and oxygen atoms in total. The summed E-state index contributed by atoms with van der Waals surface area (Å²) in [5.41, 5.74) is 0.876. The van der Waals surface area contributed by atoms with Gasteiger partial charge in [-0.25, -0.2) is 4.79 Å². The van der Waals surface area contributed by atoms with Crippen molar-refractivity contribution in [2.24, 2.45) is 5.92 Å². The van der Waals surface area contributed by atoms with Crippen LogP contribution in [0.2, 0.25) is 0 Å². The molecule has 2 N–H and O–H groups in total. The van der Waals surface area contributed by atoms with Crippen LogP contribution in [0.3, 0.4) is 0 Å². The summed E-state index contributed by atoms with van der Waals surface area (Å²) < 4.78 is 0. The number of nitrogens with one attached hydrogen (secondary N) is 1. The predicted molar refractivity (Wildman–Crippen MR) is 72.2 cm³/mol. The van der Waals surface area contributed by atoms with Crippen LogP contribution in [0.25, 0.3) is 0 Å². The Bertz CT molecular complexity index is 666. The maximum Gasteiger partial charge on any atom is 0.321 e. The summed E-state index contributed by atoms with van der Waals surface area (Å²) in [7, 11) is 0. The van der Waals surface area contributed by atoms with Gasteiger partial charge in [-0.05, 0) is 18.2 Å². The van der Waals surface area contributed by atoms with Crippen molar-refractivity contribution in [2.75, 3.05) is 18.4 Å². The van der Waals surface area contributed by atoms with Crippen LogP contribution in [0.4, 0.5) is 10.5 Å². The number of benzene rings is 1. The summed E-state index contributed by atoms with van der Waals surface area (Å²) in [5, 5.41) is 29.0. The number of hydrogen-bond donors (Lipinski definition) is 2. The van der Waals surface area contributed by atoms with Crippen molar-refractivity contribution in [3.63, 3.8) is 0 Å². The largest absolute Gasteiger partial charge is 0.481 e. The van der Waals surface area contributed by atoms with Crippen LogP contribution >= 0.6 is 0 Å². The van der Waals surface area contributed by atoms with Crippen molar-refractivity contribution in [1.82, 2.24) is 4.90 Å². The Hall–Kier alpha value is -3.06. The first-order valence-corrected chi connectivity index (χ1v) is 6.25. The number of likely N-dealkylation sites (tertiary alicyclic amines) is 1. The highest BCUT2D eigenvalue weighted by atomic mass is 16.4. The number of rotatable bonds is 3. The molecule has 0 saturated carbocycles. The number of carboxylic acid groups (broad SMARTS) is 1. The molecule has 0 aliphatic carbocycles. The number of aliphatic carboxylic acids is 1. The monoisotopic (exact) mass is 284 g/mol. The fourth-order valence-electron chi connectivity index (χ4n) is 2.13. The van der Waals surface area contributed by atoms with E-state index in [9.17, 15) is 9.59 Å². The Kier molecular flexibility index (Phi) is 4.05. The van der Waals surface area contributed by atoms with Crippen molar-refractivity contribution in [2.45, 2.75) is 6.42 Å². The van der Waals surface area contributed by atoms with Gasteiger partial charge in [0.15, 0.2) is 0 Å². The van der Waals surface area contributed by atoms with Gasteiger partial charge >= 0.3 is 12.0 Å². The normalized spacial score (nSPS) is 13.7. The molecule has 2 rings (SSSR count). The Morgan fingerprint density at radius 3 is 2.52 bits per heavy atom. The van der Waals surface area contributed by atoms with E-state index in [2.05, 4.69) is 5.32 Å². The SMILES string of the molecule is N#Cc1ccc(NC(=O)N2CC(CC(=O)O)C2)cc1C#N. The van der Waals surface area contributed by atoms with Gasteiger partial charge in [-0.3, -0.25) is 4.79 Å². The van der Waals surface area contributed by atoms with Gasteiger partial charge in [0, 0.05) is 24.7 Å². The van der Waals surface area contributed by atoms with E-state index in [-0.39, 0.29) is 29.5 Å². The zero-order valence-electron chi connectivity index (χ0n) is 11.0. The summed E-state index contributed by atoms with van der Waals surface area (Å²) >= 11 is 0. The van der Waals surface area contributed by atoms with Gasteiger partial charge in [-0.1, -0.05) is 0 Å². The van der Waals surface area contributed by atoms with E-state index >= 15 is 0 Å². The Balaban J connectivity index is 1.94. The molecule has 1 saturated heterocycles. The van der Waals surface area contributed by atoms with Crippen LogP contribution in [0.15, 0.2) is 18.2 Å². The minimum absolute atomic E-state index is 0.0103. The van der Waals surface area contributed by atoms with Gasteiger partial charge in [0.05, 0.1) is 17.5 Å². The third kappa shape index (κ3) is 3.28. The summed E-state index contributed by atoms with van der Waals surface area (Å²) in [6.07, 6.45) is 0.0548. The standard InChI is InChI=1S/C14H12N4O3/c15-5-10-1-2-12(4-11(10)6-16)17-14(21)18-7-9(8-18)3-13(19)20/h1-2,4,9H,3,7-8H2,(H,17,21)(H,19,20). The maximum absolute atomic E-state index is 11.9. The number of anilines is 1. The first-order valence-electron chi connectivity index (χ1n) is 6.25. The van der Waals surface area contributed by atoms with Gasteiger partial charge in [0.25, 0.3) is 0 Å². The van der Waals surface area contributed by atoms with Gasteiger partial charge in [0.1, 0.15) is 12.1 Å². The maximum atomic E-state index is 11.9. The molecule has 0 bridgehead atoms. The quantitative estimate of drug-likeness (QED) is 0.869. The van der Waals surface area contributed by atoms with Crippen molar-refractivity contribution in [3.8, 4) is 12.1 Å². The van der Waals surface area contributed by atoms with Gasteiger partial charge < -0.3 is 15.3 Å². The molecule has 0 atom stereocenters. The zero-order chi connectivity index (χ0) is 15.4. The van der Waals surface area contributed by atoms with Crippen molar-refractivity contribution in [3.05, 3.63) is 29.3 Å². The number of carbonyl (C=O) groups excluding carboxylic acids is 1. The number of nitrogens with zero attached hydrogens (tertiary/aromatic N) is 3. The van der Waals surface area contributed by atoms with Crippen LogP contribution in [-0.2, 0) is 4.79 Å². The first kappa shape index (κ1) is 14.4. The fraction of sp³-hybridized carbons (Fsp3) is 0.286. The number of hydrogen-bond acceptors (Lipinski definition) is 4. The third-order valence-corrected chi connectivity index (χ3v) is 3.22. The lowest BCUT2D eigenvalue weighted by Crippen LogP contribution is -2.52. The lowest BCUT2D eigenvalue weighted by Gasteiger charge is -2.38. The minimum atomic E-state index is -0.870. The Morgan fingerprint density at radius 2 is 1.95 bits per heavy atom. The second-order valence-corrected chi connectivity index (χ2v) is 4.78. The van der Waals surface area contributed by atoms with Crippen molar-refractivity contribution >= 4 is 17.7 Å². The average molecular weight is 284 g/mol. The molecule has 0 aromatic heterocycles. The highest BCUT2D eigenvalue weighted by Gasteiger charge is 2.32. The topological polar surface area (TPSA) is 117 Å². The average Bonchev–Trinajstić information content (AvgIpc) is 2.41. The van der Waals surface area contributed by atoms with Gasteiger partial charge in [-0.15, -0.1) is 0 Å². The summed E-state index contributed by atoms with van der Waals surface area (Å²) in [4.78, 5) is 23.9. The number of nitriles is 2. The molecule has 0 unspecified atom stereocenters. The van der Waals surface area contributed by atoms with Crippen molar-refractivity contribution in [1.29, 1.82) is 10.5 Å². The molecule has 21 heavy (non-hydrogen) atoms. The molecule has 1 fully saturated rings. The van der Waals surface area contributed by atoms with E-state index in [4.69, 9.17) is 15.6 Å². The lowest BCUT2D eigenvalue weighted by molar-refractivity contribution is -0.139. The fourth-order valence-corrected chi connectivity index (χ4v) is 2.13. The zero-order valence-corrected chi connectivity index (χ0v) is 11.0. The molecular weight excluding hydrogens is 272 g/mol. The smallest absolute Gasteiger partial charge is 0.321 e. The number of carbonyl (C=O) groups is 2. The molecule has 0 radical (unpaired) electrons. The molecule has 1 aromatic rings. The van der Waals surface area contributed by atoms with E-state index in [1.807, 2.05) is 12.1 Å². The van der Waals surface area contributed by atoms with Crippen LogP contribution in [0.5, 0.6) is 0 Å². The van der Waals surface area contributed by atoms with E-state index in [1.54, 1.807) is 6.07 Å². The third-order valence-electron chi connectivity index (χ3n) is 3.22. The molecule has 2 amide bonds. The van der Waals surface area contributed by atoms with Crippen LogP contribution in [0, 0.1) is 28.6 Å². The second-order valence-electron chi connectivity index (χ2n) is 4.78. The summed E-state index contributed by atoms with van der Waals surface area (Å²) in [6, 6.07) is 7.90. The lowest BCUT2D eigenvalue weighted by atomic mass is 9.97. The molecule has 1 aliphatic heterocycles. The molecule has 1 heterocycles. The molecule has 1 aromatic carbocycles. The summed E-state index contributed by atoms with van der Waals surface area (Å²) in [5.74, 6) is -0.880. The number of amides is 2. The Morgan fingerprint density at radius 1 is 1.29 bits per heavy atom. The molecular formula is C14H12N4O3. The van der Waals surface area contributed by atoms with E-state index in [0.29, 0.717) is 18.8 Å². The molecule has 1 aliphatic rings.